The van der Waals surface area contributed by atoms with E-state index >= 15 is 0 Å². The smallest absolute Gasteiger partial charge is 0.387 e. The van der Waals surface area contributed by atoms with Gasteiger partial charge in [0.2, 0.25) is 0 Å². The molecule has 46 heteroatoms. The molecule has 694 valence electrons. The topological polar surface area (TPSA) is 474 Å². The van der Waals surface area contributed by atoms with Crippen molar-refractivity contribution in [2.75, 3.05) is 52.9 Å². The number of Topliss-reactive ketones (excluding diaryl/α,β-unsaturated/α-hetero) is 4. The van der Waals surface area contributed by atoms with Crippen LogP contribution in [0.3, 0.4) is 0 Å². The van der Waals surface area contributed by atoms with Gasteiger partial charge in [0, 0.05) is 73.4 Å². The van der Waals surface area contributed by atoms with E-state index in [0.29, 0.717) is 58.2 Å². The Balaban J connectivity index is 0.000000147. The maximum absolute atomic E-state index is 13.5. The number of rotatable bonds is 24. The van der Waals surface area contributed by atoms with Crippen LogP contribution in [0.15, 0.2) is 183 Å². The fourth-order valence-electron chi connectivity index (χ4n) is 14.5. The van der Waals surface area contributed by atoms with Crippen molar-refractivity contribution >= 4 is 77.6 Å². The molecule has 8 aromatic rings. The Hall–Kier alpha value is -7.58. The minimum absolute atomic E-state index is 0.0485. The van der Waals surface area contributed by atoms with Crippen LogP contribution in [0.4, 0.5) is 13.2 Å². The average Bonchev–Trinajstić information content (AvgIpc) is 1.66. The third kappa shape index (κ3) is 25.1. The first-order valence-corrected chi connectivity index (χ1v) is 47.0. The molecular weight excluding hydrogens is 1830 g/mol. The molecule has 8 saturated heterocycles. The highest BCUT2D eigenvalue weighted by molar-refractivity contribution is 7.49. The second-order valence-corrected chi connectivity index (χ2v) is 38.0. The molecule has 0 saturated carbocycles. The highest BCUT2D eigenvalue weighted by Crippen LogP contribution is 2.61. The van der Waals surface area contributed by atoms with Crippen LogP contribution >= 0.6 is 54.5 Å². The largest absolute Gasteiger partial charge is 0.475 e. The van der Waals surface area contributed by atoms with Gasteiger partial charge in [0.05, 0.1) is 105 Å². The SMILES string of the molecule is CC(=O)c1ccc[n+]([C@@H]2OC(COP3(=O)OCCC(c4ccc(F)c(Cl)c4)O3)[C@@H](O)[C@H]2O)c1.CC(=O)c1ccc[n+]([C@@H]2OC(COP3(=O)OCCC(c4cccnc4)O3)[C@@H](O)[C@H]2O)c1.CC(=O)c1ccc[n+]([C@@H]2O[C@H](COP3(=O)OCCC(c4cc(F)cc(F)c4)O3)C(O)[C@@H]2O)c1.CC(=O)c1ccc[n+]([C@@H]2O[C@H](COP3(=O)OCCC(c4cccc(Cl)c4)O3)C(O)[C@@H]2O)c1. The number of ketones is 4. The number of hydrogen-bond donors (Lipinski definition) is 8. The molecule has 8 aliphatic rings. The number of halogens is 5. The molecule has 129 heavy (non-hydrogen) atoms. The number of carbonyl (C=O) groups excluding carboxylic acids is 4. The number of benzene rings is 3. The van der Waals surface area contributed by atoms with E-state index in [1.165, 1.54) is 88.9 Å². The third-order valence-corrected chi connectivity index (χ3v) is 27.9. The molecule has 16 rings (SSSR count). The van der Waals surface area contributed by atoms with Crippen LogP contribution in [-0.4, -0.2) is 195 Å². The molecule has 0 aliphatic carbocycles. The first-order valence-electron chi connectivity index (χ1n) is 40.4. The Morgan fingerprint density at radius 3 is 1.00 bits per heavy atom. The van der Waals surface area contributed by atoms with E-state index < -0.39 is 185 Å². The highest BCUT2D eigenvalue weighted by Gasteiger charge is 2.55. The number of carbonyl (C=O) groups is 4. The zero-order valence-electron chi connectivity index (χ0n) is 69.1. The first-order chi connectivity index (χ1) is 61.4. The molecule has 3 aromatic carbocycles. The number of ether oxygens (including phenoxy) is 4. The Morgan fingerprint density at radius 2 is 0.698 bits per heavy atom. The summed E-state index contributed by atoms with van der Waals surface area (Å²) in [5.41, 5.74) is 3.82. The van der Waals surface area contributed by atoms with Gasteiger partial charge in [0.1, 0.15) is 66.3 Å². The number of pyridine rings is 5. The summed E-state index contributed by atoms with van der Waals surface area (Å²) in [6, 6.07) is 30.5. The van der Waals surface area contributed by atoms with Crippen LogP contribution < -0.4 is 18.3 Å². The number of aromatic nitrogens is 5. The minimum Gasteiger partial charge on any atom is -0.387 e. The number of aliphatic hydroxyl groups excluding tert-OH is 8. The van der Waals surface area contributed by atoms with Crippen molar-refractivity contribution in [2.24, 2.45) is 0 Å². The van der Waals surface area contributed by atoms with Gasteiger partial charge in [-0.1, -0.05) is 47.5 Å². The van der Waals surface area contributed by atoms with Crippen LogP contribution in [0.5, 0.6) is 0 Å². The van der Waals surface area contributed by atoms with Crippen molar-refractivity contribution in [2.45, 2.75) is 176 Å². The molecular formula is C83H94Cl2F3N5O32P4+4. The molecule has 0 bridgehead atoms. The van der Waals surface area contributed by atoms with Gasteiger partial charge in [-0.2, -0.15) is 18.3 Å². The maximum atomic E-state index is 13.5. The fourth-order valence-corrected chi connectivity index (χ4v) is 20.5. The summed E-state index contributed by atoms with van der Waals surface area (Å²) in [6.45, 7) is 4.49. The van der Waals surface area contributed by atoms with E-state index in [1.54, 1.807) is 110 Å². The Bertz CT molecular complexity index is 5490. The van der Waals surface area contributed by atoms with Crippen LogP contribution in [0, 0.1) is 17.5 Å². The summed E-state index contributed by atoms with van der Waals surface area (Å²) in [6.07, 6.45) is -4.10. The summed E-state index contributed by atoms with van der Waals surface area (Å²) >= 11 is 11.8. The number of phosphoric ester groups is 4. The Morgan fingerprint density at radius 1 is 0.388 bits per heavy atom. The van der Waals surface area contributed by atoms with Gasteiger partial charge >= 0.3 is 31.3 Å². The summed E-state index contributed by atoms with van der Waals surface area (Å²) in [5.74, 6) is -2.83. The average molecular weight is 1930 g/mol. The van der Waals surface area contributed by atoms with Crippen molar-refractivity contribution in [3.63, 3.8) is 0 Å². The number of phosphoric acid groups is 4. The Kier molecular flexibility index (Phi) is 33.4. The highest BCUT2D eigenvalue weighted by atomic mass is 35.5. The molecule has 0 amide bonds. The van der Waals surface area contributed by atoms with E-state index in [0.717, 1.165) is 23.3 Å². The maximum Gasteiger partial charge on any atom is 0.475 e. The van der Waals surface area contributed by atoms with Crippen molar-refractivity contribution < 1.29 is 183 Å². The summed E-state index contributed by atoms with van der Waals surface area (Å²) in [7, 11) is -16.0. The van der Waals surface area contributed by atoms with Crippen LogP contribution in [0.2, 0.25) is 10.0 Å². The van der Waals surface area contributed by atoms with Gasteiger partial charge < -0.3 is 59.8 Å². The molecule has 13 heterocycles. The van der Waals surface area contributed by atoms with Gasteiger partial charge in [0.15, 0.2) is 97.1 Å². The van der Waals surface area contributed by atoms with Crippen LogP contribution in [0.25, 0.3) is 0 Å². The fraction of sp³-hybridized carbons (Fsp3) is 0.434. The van der Waals surface area contributed by atoms with Gasteiger partial charge in [-0.15, -0.1) is 0 Å². The predicted molar refractivity (Wildman–Crippen MR) is 436 cm³/mol. The van der Waals surface area contributed by atoms with Crippen molar-refractivity contribution in [1.82, 2.24) is 4.98 Å². The van der Waals surface area contributed by atoms with E-state index in [4.69, 9.17) is 96.4 Å². The molecule has 37 nitrogen and oxygen atoms in total. The second kappa shape index (κ2) is 43.6. The summed E-state index contributed by atoms with van der Waals surface area (Å²) < 4.78 is 185. The van der Waals surface area contributed by atoms with E-state index in [2.05, 4.69) is 4.98 Å². The summed E-state index contributed by atoms with van der Waals surface area (Å²) in [5, 5.41) is 83.8. The number of hydrogen-bond acceptors (Lipinski definition) is 33. The van der Waals surface area contributed by atoms with Gasteiger partial charge in [-0.25, -0.2) is 31.4 Å². The molecule has 24 atom stereocenters. The zero-order valence-corrected chi connectivity index (χ0v) is 74.2. The van der Waals surface area contributed by atoms with Gasteiger partial charge in [-0.05, 0) is 117 Å². The standard InChI is InChI=1S/C21H23ClFNO8P.C21H24ClNO8P.C21H23F2NO8P.C20H24N2O8P/c1-12(25)14-3-2-7-24(10-14)21-20(27)19(26)18(31-21)11-30-33(28)29-8-6-17(32-33)13-4-5-16(23)15(22)9-13;1-13(24)15-5-3-8-23(11-15)21-20(26)19(25)18(30-21)12-29-32(27)28-9-7-17(31-32)14-4-2-6-16(22)10-14;1-12(25)13-3-2-5-24(10-13)21-20(27)19(26)18(31-21)11-30-33(28)29-6-4-17(32-33)14-7-15(22)9-16(23)8-14;1-13(23)15-5-3-8-22(11-15)20-19(25)18(24)17(29-20)12-28-31(26)27-9-6-16(30-31)14-4-2-7-21-10-14/h2-5,7,9-10,17-21,26-27H,6,8,11H2,1H3;2-6,8,10-11,17-21,25-26H,7,9,12H2,1H3;2-3,5,7-10,17-21,26-27H,4,6,11H2,1H3;2-5,7-8,10-11,16-20,24-25H,6,9,12H2,1H3/q4*+1/t17?,18?,19-,20-,21-,33?;17?,18-,19?,20+,21-,32?;17?,18-,19?,20+,21-,33?;16?,17?,18-,19-,20-,31?/m1111/s1. The first kappa shape index (κ1) is 98.9. The van der Waals surface area contributed by atoms with Gasteiger partial charge in [0.25, 0.3) is 24.9 Å². The quantitative estimate of drug-likeness (QED) is 0.0158. The third-order valence-electron chi connectivity index (χ3n) is 21.4. The van der Waals surface area contributed by atoms with Crippen molar-refractivity contribution in [3.05, 3.63) is 255 Å². The number of aliphatic hydroxyl groups is 8. The lowest BCUT2D eigenvalue weighted by Crippen LogP contribution is -2.46. The van der Waals surface area contributed by atoms with Crippen molar-refractivity contribution in [1.29, 1.82) is 0 Å². The minimum atomic E-state index is -4.15. The molecule has 0 spiro atoms. The second-order valence-electron chi connectivity index (χ2n) is 30.6. The molecule has 5 aromatic heterocycles. The van der Waals surface area contributed by atoms with Gasteiger partial charge in [-0.3, -0.25) is 78.4 Å². The molecule has 0 radical (unpaired) electrons. The summed E-state index contributed by atoms with van der Waals surface area (Å²) in [4.78, 5) is 50.5. The number of nitrogens with zero attached hydrogens (tertiary/aromatic N) is 5. The molecule has 8 aliphatic heterocycles. The molecule has 8 N–H and O–H groups in total. The molecule has 8 fully saturated rings. The zero-order chi connectivity index (χ0) is 92.4. The van der Waals surface area contributed by atoms with Crippen molar-refractivity contribution in [3.8, 4) is 0 Å². The predicted octanol–water partition coefficient (Wildman–Crippen LogP) is 9.51. The lowest BCUT2D eigenvalue weighted by atomic mass is 10.1. The van der Waals surface area contributed by atoms with Crippen LogP contribution in [-0.2, 0) is 91.5 Å². The van der Waals surface area contributed by atoms with Crippen LogP contribution in [0.1, 0.15) is 166 Å². The van der Waals surface area contributed by atoms with E-state index in [-0.39, 0.29) is 79.8 Å². The van der Waals surface area contributed by atoms with E-state index in [9.17, 15) is 91.5 Å². The lowest BCUT2D eigenvalue weighted by molar-refractivity contribution is -0.766. The monoisotopic (exact) mass is 1920 g/mol. The normalized spacial score (nSPS) is 32.5. The van der Waals surface area contributed by atoms with E-state index in [1.807, 2.05) is 12.1 Å². The molecule has 12 unspecified atom stereocenters. The Labute approximate surface area is 745 Å². The lowest BCUT2D eigenvalue weighted by Gasteiger charge is -2.29.